The van der Waals surface area contributed by atoms with Crippen LogP contribution in [0.4, 0.5) is 0 Å². The van der Waals surface area contributed by atoms with E-state index in [-0.39, 0.29) is 5.91 Å². The monoisotopic (exact) mass is 220 g/mol. The molecule has 3 nitrogen and oxygen atoms in total. The van der Waals surface area contributed by atoms with Gasteiger partial charge in [0.2, 0.25) is 5.91 Å². The summed E-state index contributed by atoms with van der Waals surface area (Å²) in [6.45, 7) is 6.01. The van der Waals surface area contributed by atoms with Crippen molar-refractivity contribution in [1.29, 1.82) is 0 Å². The van der Waals surface area contributed by atoms with Crippen molar-refractivity contribution in [2.75, 3.05) is 13.1 Å². The Bertz CT molecular complexity index is 309. The van der Waals surface area contributed by atoms with E-state index >= 15 is 0 Å². The van der Waals surface area contributed by atoms with Crippen LogP contribution in [0.2, 0.25) is 0 Å². The van der Waals surface area contributed by atoms with Gasteiger partial charge in [0.15, 0.2) is 0 Å². The van der Waals surface area contributed by atoms with E-state index in [0.29, 0.717) is 12.5 Å². The maximum atomic E-state index is 11.4. The van der Waals surface area contributed by atoms with Crippen LogP contribution in [0.15, 0.2) is 30.3 Å². The molecule has 3 heteroatoms. The topological polar surface area (TPSA) is 41.1 Å². The van der Waals surface area contributed by atoms with Crippen molar-refractivity contribution in [3.8, 4) is 0 Å². The van der Waals surface area contributed by atoms with E-state index in [0.717, 1.165) is 13.1 Å². The first-order chi connectivity index (χ1) is 7.68. The summed E-state index contributed by atoms with van der Waals surface area (Å²) in [6.07, 6.45) is 0. The molecule has 0 aromatic heterocycles. The third-order valence-electron chi connectivity index (χ3n) is 2.16. The minimum Gasteiger partial charge on any atom is -0.355 e. The van der Waals surface area contributed by atoms with Crippen LogP contribution in [0.5, 0.6) is 0 Å². The van der Waals surface area contributed by atoms with E-state index in [9.17, 15) is 4.79 Å². The molecule has 0 aliphatic rings. The average Bonchev–Trinajstić information content (AvgIpc) is 2.28. The third-order valence-corrected chi connectivity index (χ3v) is 2.16. The second-order valence-corrected chi connectivity index (χ2v) is 4.29. The first-order valence-corrected chi connectivity index (χ1v) is 5.70. The van der Waals surface area contributed by atoms with E-state index in [4.69, 9.17) is 0 Å². The van der Waals surface area contributed by atoms with Crippen molar-refractivity contribution in [3.05, 3.63) is 35.9 Å². The van der Waals surface area contributed by atoms with Crippen LogP contribution in [0.1, 0.15) is 19.4 Å². The number of carbonyl (C=O) groups is 1. The maximum Gasteiger partial charge on any atom is 0.233 e. The van der Waals surface area contributed by atoms with E-state index < -0.39 is 0 Å². The van der Waals surface area contributed by atoms with Crippen molar-refractivity contribution < 1.29 is 4.79 Å². The summed E-state index contributed by atoms with van der Waals surface area (Å²) in [5.74, 6) is 0.558. The number of nitrogens with one attached hydrogen (secondary N) is 2. The van der Waals surface area contributed by atoms with Crippen LogP contribution in [0, 0.1) is 5.92 Å². The number of hydrogen-bond donors (Lipinski definition) is 2. The smallest absolute Gasteiger partial charge is 0.233 e. The Hall–Kier alpha value is -1.35. The zero-order valence-electron chi connectivity index (χ0n) is 9.99. The average molecular weight is 220 g/mol. The summed E-state index contributed by atoms with van der Waals surface area (Å²) in [6, 6.07) is 10.1. The summed E-state index contributed by atoms with van der Waals surface area (Å²) in [4.78, 5) is 11.4. The highest BCUT2D eigenvalue weighted by molar-refractivity contribution is 5.77. The zero-order chi connectivity index (χ0) is 11.8. The van der Waals surface area contributed by atoms with E-state index in [1.165, 1.54) is 5.56 Å². The van der Waals surface area contributed by atoms with Gasteiger partial charge < -0.3 is 10.6 Å². The Morgan fingerprint density at radius 2 is 1.94 bits per heavy atom. The summed E-state index contributed by atoms with van der Waals surface area (Å²) in [7, 11) is 0. The van der Waals surface area contributed by atoms with E-state index in [1.807, 2.05) is 30.3 Å². The van der Waals surface area contributed by atoms with Crippen LogP contribution in [0.25, 0.3) is 0 Å². The molecular formula is C13H20N2O. The Morgan fingerprint density at radius 1 is 1.25 bits per heavy atom. The second kappa shape index (κ2) is 7.01. The number of benzene rings is 1. The van der Waals surface area contributed by atoms with Crippen molar-refractivity contribution in [1.82, 2.24) is 10.6 Å². The Labute approximate surface area is 97.2 Å². The molecule has 0 unspecified atom stereocenters. The second-order valence-electron chi connectivity index (χ2n) is 4.29. The normalized spacial score (nSPS) is 10.4. The molecule has 0 saturated carbocycles. The molecule has 0 aliphatic carbocycles. The molecule has 2 N–H and O–H groups in total. The summed E-state index contributed by atoms with van der Waals surface area (Å²) in [5.41, 5.74) is 1.19. The lowest BCUT2D eigenvalue weighted by Crippen LogP contribution is -2.35. The van der Waals surface area contributed by atoms with Crippen LogP contribution in [-0.4, -0.2) is 19.0 Å². The standard InChI is InChI=1S/C13H20N2O/c1-11(2)8-15-13(16)10-14-9-12-6-4-3-5-7-12/h3-7,11,14H,8-10H2,1-2H3,(H,15,16). The molecule has 0 saturated heterocycles. The van der Waals surface area contributed by atoms with E-state index in [2.05, 4.69) is 24.5 Å². The molecule has 0 atom stereocenters. The lowest BCUT2D eigenvalue weighted by Gasteiger charge is -2.08. The first kappa shape index (κ1) is 12.7. The van der Waals surface area contributed by atoms with Gasteiger partial charge in [0.1, 0.15) is 0 Å². The predicted molar refractivity (Wildman–Crippen MR) is 66.0 cm³/mol. The highest BCUT2D eigenvalue weighted by Gasteiger charge is 2.01. The SMILES string of the molecule is CC(C)CNC(=O)CNCc1ccccc1. The molecule has 88 valence electrons. The van der Waals surface area contributed by atoms with Gasteiger partial charge in [-0.05, 0) is 11.5 Å². The Kier molecular flexibility index (Phi) is 5.57. The fourth-order valence-corrected chi connectivity index (χ4v) is 1.30. The van der Waals surface area contributed by atoms with Gasteiger partial charge in [0.25, 0.3) is 0 Å². The third kappa shape index (κ3) is 5.51. The number of carbonyl (C=O) groups excluding carboxylic acids is 1. The summed E-state index contributed by atoms with van der Waals surface area (Å²) >= 11 is 0. The van der Waals surface area contributed by atoms with Crippen molar-refractivity contribution >= 4 is 5.91 Å². The van der Waals surface area contributed by atoms with E-state index in [1.54, 1.807) is 0 Å². The maximum absolute atomic E-state index is 11.4. The summed E-state index contributed by atoms with van der Waals surface area (Å²) in [5, 5.41) is 5.98. The van der Waals surface area contributed by atoms with Crippen LogP contribution >= 0.6 is 0 Å². The number of amides is 1. The fraction of sp³-hybridized carbons (Fsp3) is 0.462. The minimum atomic E-state index is 0.0598. The van der Waals surface area contributed by atoms with Crippen LogP contribution in [0.3, 0.4) is 0 Å². The molecule has 0 heterocycles. The van der Waals surface area contributed by atoms with Gasteiger partial charge in [0.05, 0.1) is 6.54 Å². The Morgan fingerprint density at radius 3 is 2.56 bits per heavy atom. The largest absolute Gasteiger partial charge is 0.355 e. The lowest BCUT2D eigenvalue weighted by molar-refractivity contribution is -0.120. The highest BCUT2D eigenvalue weighted by Crippen LogP contribution is 1.96. The summed E-state index contributed by atoms with van der Waals surface area (Å²) < 4.78 is 0. The first-order valence-electron chi connectivity index (χ1n) is 5.70. The van der Waals surface area contributed by atoms with Crippen molar-refractivity contribution in [2.24, 2.45) is 5.92 Å². The molecule has 1 rings (SSSR count). The predicted octanol–water partition coefficient (Wildman–Crippen LogP) is 1.55. The van der Waals surface area contributed by atoms with Gasteiger partial charge in [-0.15, -0.1) is 0 Å². The molecule has 0 radical (unpaired) electrons. The number of rotatable bonds is 6. The van der Waals surface area contributed by atoms with Crippen LogP contribution in [-0.2, 0) is 11.3 Å². The Balaban J connectivity index is 2.13. The van der Waals surface area contributed by atoms with Crippen LogP contribution < -0.4 is 10.6 Å². The molecule has 0 aliphatic heterocycles. The van der Waals surface area contributed by atoms with Crippen molar-refractivity contribution in [3.63, 3.8) is 0 Å². The van der Waals surface area contributed by atoms with Crippen molar-refractivity contribution in [2.45, 2.75) is 20.4 Å². The minimum absolute atomic E-state index is 0.0598. The molecule has 1 aromatic rings. The quantitative estimate of drug-likeness (QED) is 0.763. The lowest BCUT2D eigenvalue weighted by atomic mass is 10.2. The molecule has 1 amide bonds. The molecule has 0 fully saturated rings. The molecule has 16 heavy (non-hydrogen) atoms. The van der Waals surface area contributed by atoms with Gasteiger partial charge in [-0.25, -0.2) is 0 Å². The van der Waals surface area contributed by atoms with Gasteiger partial charge in [0, 0.05) is 13.1 Å². The molecule has 0 bridgehead atoms. The van der Waals surface area contributed by atoms with Gasteiger partial charge in [-0.2, -0.15) is 0 Å². The zero-order valence-corrected chi connectivity index (χ0v) is 9.99. The fourth-order valence-electron chi connectivity index (χ4n) is 1.30. The molecule has 0 spiro atoms. The highest BCUT2D eigenvalue weighted by atomic mass is 16.1. The molecule has 1 aromatic carbocycles. The molecular weight excluding hydrogens is 200 g/mol. The number of hydrogen-bond acceptors (Lipinski definition) is 2. The van der Waals surface area contributed by atoms with Gasteiger partial charge >= 0.3 is 0 Å². The van der Waals surface area contributed by atoms with Gasteiger partial charge in [-0.1, -0.05) is 44.2 Å². The van der Waals surface area contributed by atoms with Gasteiger partial charge in [-0.3, -0.25) is 4.79 Å².